The number of pyridine rings is 2. The maximum atomic E-state index is 12.9. The van der Waals surface area contributed by atoms with Gasteiger partial charge in [-0.3, -0.25) is 0 Å². The van der Waals surface area contributed by atoms with Gasteiger partial charge < -0.3 is 69.9 Å². The summed E-state index contributed by atoms with van der Waals surface area (Å²) in [6, 6.07) is 20.1. The highest BCUT2D eigenvalue weighted by atomic mass is 127. The van der Waals surface area contributed by atoms with Gasteiger partial charge in [0.15, 0.2) is 0 Å². The SMILES string of the molecule is CC[C@@H]1CCN(C(=O)Nc2ccc(C)c(-c3cc(NC4CC(O)C4)nc(N4CCOCC4)c3)c2)C1.Cc1ccc(NC(=O)N2CC[C@@H](CC(F)(F)F)C2)cc1B1OC(C)(C)C(C)(C)O1.OC1CC(Nc2cc(I)cc(N3CCOCC3)n2)C1.S. The summed E-state index contributed by atoms with van der Waals surface area (Å²) in [7, 11) is -0.556. The first-order valence-corrected chi connectivity index (χ1v) is 30.5. The Labute approximate surface area is 513 Å². The number of likely N-dealkylation sites (tertiary alicyclic amines) is 2. The Kier molecular flexibility index (Phi) is 22.0. The smallest absolute Gasteiger partial charge is 0.399 e. The van der Waals surface area contributed by atoms with Gasteiger partial charge in [-0.1, -0.05) is 31.0 Å². The molecule has 0 unspecified atom stereocenters. The molecule has 0 bridgehead atoms. The van der Waals surface area contributed by atoms with Crippen molar-refractivity contribution in [2.75, 3.05) is 110 Å². The van der Waals surface area contributed by atoms with Gasteiger partial charge in [-0.25, -0.2) is 19.6 Å². The Morgan fingerprint density at radius 1 is 0.679 bits per heavy atom. The molecule has 2 atom stereocenters. The lowest BCUT2D eigenvalue weighted by Crippen LogP contribution is -2.41. The second-order valence-corrected chi connectivity index (χ2v) is 25.5. The number of hydrogen-bond donors (Lipinski definition) is 6. The molecule has 2 aromatic heterocycles. The van der Waals surface area contributed by atoms with Crippen molar-refractivity contribution in [2.24, 2.45) is 11.8 Å². The van der Waals surface area contributed by atoms with Crippen molar-refractivity contribution in [1.82, 2.24) is 19.8 Å². The van der Waals surface area contributed by atoms with Crippen LogP contribution in [-0.2, 0) is 18.8 Å². The van der Waals surface area contributed by atoms with Crippen LogP contribution in [0.4, 0.5) is 57.4 Å². The van der Waals surface area contributed by atoms with Crippen LogP contribution in [-0.4, -0.2) is 170 Å². The monoisotopic (exact) mass is 1300 g/mol. The fraction of sp³-hybridized carbons (Fsp3) is 0.600. The average Bonchev–Trinajstić information content (AvgIpc) is 2.44. The number of rotatable bonds is 12. The maximum Gasteiger partial charge on any atom is 0.495 e. The lowest BCUT2D eigenvalue weighted by atomic mass is 9.76. The largest absolute Gasteiger partial charge is 0.495 e. The molecule has 11 rings (SSSR count). The van der Waals surface area contributed by atoms with Crippen LogP contribution in [0.25, 0.3) is 11.1 Å². The number of nitrogens with zero attached hydrogens (tertiary/aromatic N) is 6. The Morgan fingerprint density at radius 2 is 1.15 bits per heavy atom. The number of urea groups is 2. The topological polar surface area (TPSA) is 198 Å². The third-order valence-corrected chi connectivity index (χ3v) is 17.9. The van der Waals surface area contributed by atoms with E-state index in [0.717, 1.165) is 148 Å². The summed E-state index contributed by atoms with van der Waals surface area (Å²) in [4.78, 5) is 42.8. The van der Waals surface area contributed by atoms with Crippen molar-refractivity contribution >= 4 is 95.4 Å². The number of anilines is 6. The number of amides is 4. The summed E-state index contributed by atoms with van der Waals surface area (Å²) >= 11 is 2.32. The molecule has 0 radical (unpaired) electrons. The first-order chi connectivity index (χ1) is 39.5. The molecule has 7 fully saturated rings. The van der Waals surface area contributed by atoms with E-state index in [4.69, 9.17) is 23.8 Å². The first kappa shape index (κ1) is 65.2. The van der Waals surface area contributed by atoms with E-state index >= 15 is 0 Å². The van der Waals surface area contributed by atoms with Crippen LogP contribution >= 0.6 is 36.1 Å². The van der Waals surface area contributed by atoms with Crippen LogP contribution in [0.1, 0.15) is 97.1 Å². The minimum Gasteiger partial charge on any atom is -0.399 e. The van der Waals surface area contributed by atoms with Crippen molar-refractivity contribution in [3.05, 3.63) is 75.4 Å². The van der Waals surface area contributed by atoms with Crippen LogP contribution in [0.2, 0.25) is 0 Å². The van der Waals surface area contributed by atoms with Crippen molar-refractivity contribution in [3.8, 4) is 11.1 Å². The van der Waals surface area contributed by atoms with Gasteiger partial charge in [0.25, 0.3) is 0 Å². The number of aryl methyl sites for hydroxylation is 2. The van der Waals surface area contributed by atoms with Crippen LogP contribution in [0.15, 0.2) is 60.7 Å². The van der Waals surface area contributed by atoms with Gasteiger partial charge in [-0.2, -0.15) is 26.7 Å². The summed E-state index contributed by atoms with van der Waals surface area (Å²) in [5.74, 6) is 3.72. The summed E-state index contributed by atoms with van der Waals surface area (Å²) in [5.41, 5.74) is 5.46. The average molecular weight is 1300 g/mol. The number of morpholine rings is 2. The predicted octanol–water partition coefficient (Wildman–Crippen LogP) is 9.76. The Balaban J connectivity index is 0.000000170. The minimum absolute atomic E-state index is 0. The number of aromatic nitrogens is 2. The molecule has 2 aliphatic carbocycles. The van der Waals surface area contributed by atoms with E-state index in [0.29, 0.717) is 43.8 Å². The molecule has 24 heteroatoms. The molecule has 2 saturated carbocycles. The quantitative estimate of drug-likeness (QED) is 0.0579. The second kappa shape index (κ2) is 28.3. The molecule has 4 aromatic rings. The van der Waals surface area contributed by atoms with Gasteiger partial charge in [0.05, 0.1) is 49.8 Å². The molecule has 2 aromatic carbocycles. The lowest BCUT2D eigenvalue weighted by molar-refractivity contribution is -0.143. The van der Waals surface area contributed by atoms with E-state index in [9.17, 15) is 33.0 Å². The van der Waals surface area contributed by atoms with Crippen molar-refractivity contribution < 1.29 is 51.8 Å². The number of benzene rings is 2. The maximum absolute atomic E-state index is 12.9. The number of carbonyl (C=O) groups is 2. The van der Waals surface area contributed by atoms with E-state index in [1.807, 2.05) is 51.7 Å². The Bertz CT molecular complexity index is 2860. The molecule has 5 saturated heterocycles. The third kappa shape index (κ3) is 17.2. The molecule has 0 spiro atoms. The number of hydrogen-bond acceptors (Lipinski definition) is 14. The molecule has 7 heterocycles. The van der Waals surface area contributed by atoms with Gasteiger partial charge >= 0.3 is 25.4 Å². The van der Waals surface area contributed by atoms with Crippen molar-refractivity contribution in [3.63, 3.8) is 0 Å². The van der Waals surface area contributed by atoms with E-state index in [1.54, 1.807) is 12.1 Å². The summed E-state index contributed by atoms with van der Waals surface area (Å²) in [5, 5.41) is 31.8. The molecular weight excluding hydrogens is 1220 g/mol. The number of nitrogens with one attached hydrogen (secondary N) is 4. The van der Waals surface area contributed by atoms with Crippen LogP contribution < -0.4 is 36.5 Å². The van der Waals surface area contributed by atoms with Crippen LogP contribution in [0, 0.1) is 29.3 Å². The zero-order chi connectivity index (χ0) is 59.2. The van der Waals surface area contributed by atoms with E-state index < -0.39 is 42.9 Å². The molecule has 6 N–H and O–H groups in total. The standard InChI is InChI=1S/C27H37N5O3.C20H28BF3N2O3.C13H18IN3O2.H2S/c1-3-19-6-7-32(17-19)27(34)29-21-5-4-18(2)24(16-21)20-12-25(28-22-14-23(33)15-22)30-26(13-20)31-8-10-35-11-9-31;1-13-6-7-15(10-16(13)21-28-18(2,3)19(4,5)29-21)25-17(27)26-9-8-14(12-26)11-20(22,23)24;14-9-5-12(15-10-7-11(18)8-10)16-13(6-9)17-1-3-19-4-2-17;/h4-5,12-13,16,19,22-23,33H,3,6-11,14-15,17H2,1-2H3,(H,28,30)(H,29,34);6-7,10,14H,8-9,11-12H2,1-5H3,(H,25,27);5-6,10-11,18H,1-4,7-8H2,(H,15,16);1H2/t19-,22?,23?;14-;;/m10../s1. The van der Waals surface area contributed by atoms with Gasteiger partial charge in [0.1, 0.15) is 23.3 Å². The number of alkyl halides is 3. The van der Waals surface area contributed by atoms with E-state index in [-0.39, 0.29) is 44.3 Å². The van der Waals surface area contributed by atoms with E-state index in [2.05, 4.69) is 109 Å². The second-order valence-electron chi connectivity index (χ2n) is 24.2. The number of aliphatic hydroxyl groups is 2. The molecule has 7 aliphatic rings. The number of halogens is 4. The zero-order valence-corrected chi connectivity index (χ0v) is 52.7. The van der Waals surface area contributed by atoms with Crippen LogP contribution in [0.5, 0.6) is 0 Å². The van der Waals surface area contributed by atoms with Crippen LogP contribution in [0.3, 0.4) is 0 Å². The summed E-state index contributed by atoms with van der Waals surface area (Å²) in [6.45, 7) is 22.5. The molecule has 84 heavy (non-hydrogen) atoms. The number of aliphatic hydroxyl groups excluding tert-OH is 2. The van der Waals surface area contributed by atoms with Gasteiger partial charge in [-0.05, 0) is 185 Å². The highest BCUT2D eigenvalue weighted by molar-refractivity contribution is 14.1. The predicted molar refractivity (Wildman–Crippen MR) is 338 cm³/mol. The van der Waals surface area contributed by atoms with Crippen molar-refractivity contribution in [1.29, 1.82) is 0 Å². The fourth-order valence-electron chi connectivity index (χ4n) is 11.3. The van der Waals surface area contributed by atoms with Gasteiger partial charge in [0, 0.05) is 85.8 Å². The normalized spacial score (nSPS) is 24.3. The molecule has 5 aliphatic heterocycles. The van der Waals surface area contributed by atoms with Gasteiger partial charge in [0.2, 0.25) is 0 Å². The minimum atomic E-state index is -4.20. The van der Waals surface area contributed by atoms with E-state index in [1.165, 1.54) is 8.47 Å². The fourth-order valence-corrected chi connectivity index (χ4v) is 11.8. The number of ether oxygens (including phenoxy) is 2. The lowest BCUT2D eigenvalue weighted by Gasteiger charge is -2.33. The first-order valence-electron chi connectivity index (χ1n) is 29.5. The molecular formula is C60H85BF3IN10O8S. The molecule has 18 nitrogen and oxygen atoms in total. The highest BCUT2D eigenvalue weighted by Gasteiger charge is 2.52. The third-order valence-electron chi connectivity index (χ3n) is 17.3. The van der Waals surface area contributed by atoms with Gasteiger partial charge in [-0.15, -0.1) is 0 Å². The Morgan fingerprint density at radius 3 is 1.65 bits per heavy atom. The summed E-state index contributed by atoms with van der Waals surface area (Å²) in [6.07, 6.45) is 0.266. The van der Waals surface area contributed by atoms with Crippen molar-refractivity contribution in [2.45, 2.75) is 142 Å². The highest BCUT2D eigenvalue weighted by Crippen LogP contribution is 2.38. The Hall–Kier alpha value is -4.83. The molecule has 4 amide bonds. The number of carbonyl (C=O) groups excluding carboxylic acids is 2. The summed E-state index contributed by atoms with van der Waals surface area (Å²) < 4.78 is 62.0. The zero-order valence-electron chi connectivity index (χ0n) is 49.5. The molecule has 460 valence electrons.